The van der Waals surface area contributed by atoms with Gasteiger partial charge in [0, 0.05) is 37.6 Å². The van der Waals surface area contributed by atoms with Gasteiger partial charge in [-0.2, -0.15) is 0 Å². The van der Waals surface area contributed by atoms with Crippen LogP contribution < -0.4 is 0 Å². The van der Waals surface area contributed by atoms with E-state index in [1.54, 1.807) is 11.3 Å². The molecule has 0 unspecified atom stereocenters. The molecule has 0 saturated carbocycles. The van der Waals surface area contributed by atoms with Crippen LogP contribution in [0.1, 0.15) is 21.7 Å². The maximum absolute atomic E-state index is 13.0. The predicted octanol–water partition coefficient (Wildman–Crippen LogP) is 4.76. The molecule has 1 aromatic heterocycles. The van der Waals surface area contributed by atoms with E-state index in [2.05, 4.69) is 53.4 Å². The Morgan fingerprint density at radius 1 is 0.815 bits per heavy atom. The Morgan fingerprint density at radius 3 is 2.33 bits per heavy atom. The summed E-state index contributed by atoms with van der Waals surface area (Å²) in [6, 6.07) is 24.9. The molecule has 4 heteroatoms. The molecular weight excluding hydrogens is 352 g/mol. The van der Waals surface area contributed by atoms with Crippen LogP contribution >= 0.6 is 11.3 Å². The average Bonchev–Trinajstić information content (AvgIpc) is 3.10. The first kappa shape index (κ1) is 18.0. The molecule has 4 rings (SSSR count). The lowest BCUT2D eigenvalue weighted by atomic mass is 10.2. The highest BCUT2D eigenvalue weighted by atomic mass is 32.1. The summed E-state index contributed by atoms with van der Waals surface area (Å²) in [4.78, 5) is 19.4. The smallest absolute Gasteiger partial charge is 0.263 e. The van der Waals surface area contributed by atoms with Crippen LogP contribution in [0.3, 0.4) is 0 Å². The predicted molar refractivity (Wildman–Crippen MR) is 112 cm³/mol. The van der Waals surface area contributed by atoms with Crippen LogP contribution in [0, 0.1) is 0 Å². The van der Waals surface area contributed by atoms with Crippen molar-refractivity contribution in [3.8, 4) is 10.4 Å². The average molecular weight is 377 g/mol. The number of benzene rings is 2. The van der Waals surface area contributed by atoms with Crippen LogP contribution in [0.4, 0.5) is 0 Å². The van der Waals surface area contributed by atoms with Crippen molar-refractivity contribution in [1.29, 1.82) is 0 Å². The second-order valence-electron chi connectivity index (χ2n) is 6.94. The van der Waals surface area contributed by atoms with E-state index in [9.17, 15) is 4.79 Å². The Kier molecular flexibility index (Phi) is 5.66. The number of carbonyl (C=O) groups is 1. The molecule has 138 valence electrons. The van der Waals surface area contributed by atoms with Gasteiger partial charge in [-0.25, -0.2) is 0 Å². The molecule has 3 aromatic rings. The molecule has 0 N–H and O–H groups in total. The maximum Gasteiger partial charge on any atom is 0.263 e. The van der Waals surface area contributed by atoms with Gasteiger partial charge in [0.2, 0.25) is 0 Å². The number of carbonyl (C=O) groups excluding carboxylic acids is 1. The molecule has 1 amide bonds. The monoisotopic (exact) mass is 376 g/mol. The van der Waals surface area contributed by atoms with Gasteiger partial charge in [-0.15, -0.1) is 11.3 Å². The third kappa shape index (κ3) is 4.46. The number of amides is 1. The quantitative estimate of drug-likeness (QED) is 0.655. The highest BCUT2D eigenvalue weighted by molar-refractivity contribution is 7.17. The van der Waals surface area contributed by atoms with Crippen LogP contribution in [0.5, 0.6) is 0 Å². The fourth-order valence-corrected chi connectivity index (χ4v) is 4.52. The zero-order valence-corrected chi connectivity index (χ0v) is 16.2. The summed E-state index contributed by atoms with van der Waals surface area (Å²) in [5, 5.41) is 0. The highest BCUT2D eigenvalue weighted by Gasteiger charge is 2.21. The van der Waals surface area contributed by atoms with E-state index in [4.69, 9.17) is 0 Å². The van der Waals surface area contributed by atoms with E-state index in [0.717, 1.165) is 48.9 Å². The molecular formula is C23H24N2OS. The van der Waals surface area contributed by atoms with Crippen molar-refractivity contribution in [3.63, 3.8) is 0 Å². The first-order chi connectivity index (χ1) is 13.3. The van der Waals surface area contributed by atoms with Gasteiger partial charge in [-0.05, 0) is 29.7 Å². The van der Waals surface area contributed by atoms with Crippen molar-refractivity contribution < 1.29 is 4.79 Å². The molecule has 1 aliphatic heterocycles. The fourth-order valence-electron chi connectivity index (χ4n) is 3.54. The lowest BCUT2D eigenvalue weighted by molar-refractivity contribution is 0.0766. The van der Waals surface area contributed by atoms with Gasteiger partial charge < -0.3 is 4.90 Å². The van der Waals surface area contributed by atoms with Gasteiger partial charge in [-0.1, -0.05) is 60.7 Å². The van der Waals surface area contributed by atoms with Crippen LogP contribution in [0.25, 0.3) is 10.4 Å². The first-order valence-electron chi connectivity index (χ1n) is 9.50. The molecule has 0 aliphatic carbocycles. The van der Waals surface area contributed by atoms with Crippen molar-refractivity contribution in [3.05, 3.63) is 83.2 Å². The minimum absolute atomic E-state index is 0.170. The van der Waals surface area contributed by atoms with Gasteiger partial charge >= 0.3 is 0 Å². The van der Waals surface area contributed by atoms with E-state index in [-0.39, 0.29) is 5.91 Å². The summed E-state index contributed by atoms with van der Waals surface area (Å²) in [6.07, 6.45) is 1.02. The summed E-state index contributed by atoms with van der Waals surface area (Å²) in [5.41, 5.74) is 2.51. The standard InChI is InChI=1S/C23H24N2OS/c26-23(22-13-12-21(27-22)20-10-5-2-6-11-20)25-15-7-14-24(16-17-25)18-19-8-3-1-4-9-19/h1-6,8-13H,7,14-18H2. The van der Waals surface area contributed by atoms with Crippen LogP contribution in [-0.4, -0.2) is 41.9 Å². The molecule has 0 radical (unpaired) electrons. The number of rotatable bonds is 4. The van der Waals surface area contributed by atoms with Crippen molar-refractivity contribution in [2.75, 3.05) is 26.2 Å². The van der Waals surface area contributed by atoms with Crippen molar-refractivity contribution in [2.24, 2.45) is 0 Å². The second kappa shape index (κ2) is 8.51. The molecule has 0 atom stereocenters. The fraction of sp³-hybridized carbons (Fsp3) is 0.261. The van der Waals surface area contributed by atoms with Crippen LogP contribution in [0.2, 0.25) is 0 Å². The maximum atomic E-state index is 13.0. The summed E-state index contributed by atoms with van der Waals surface area (Å²) < 4.78 is 0. The minimum Gasteiger partial charge on any atom is -0.337 e. The minimum atomic E-state index is 0.170. The molecule has 1 aliphatic rings. The summed E-state index contributed by atoms with van der Waals surface area (Å²) >= 11 is 1.59. The number of thiophene rings is 1. The Bertz CT molecular complexity index is 876. The van der Waals surface area contributed by atoms with Gasteiger partial charge in [0.1, 0.15) is 0 Å². The number of hydrogen-bond donors (Lipinski definition) is 0. The zero-order valence-electron chi connectivity index (χ0n) is 15.4. The topological polar surface area (TPSA) is 23.6 Å². The number of hydrogen-bond acceptors (Lipinski definition) is 3. The zero-order chi connectivity index (χ0) is 18.5. The lowest BCUT2D eigenvalue weighted by Crippen LogP contribution is -2.34. The Labute approximate surface area is 164 Å². The molecule has 2 heterocycles. The SMILES string of the molecule is O=C(c1ccc(-c2ccccc2)s1)N1CCCN(Cc2ccccc2)CC1. The largest absolute Gasteiger partial charge is 0.337 e. The van der Waals surface area contributed by atoms with Gasteiger partial charge in [0.25, 0.3) is 5.91 Å². The Morgan fingerprint density at radius 2 is 1.56 bits per heavy atom. The Balaban J connectivity index is 1.39. The van der Waals surface area contributed by atoms with Gasteiger partial charge in [0.15, 0.2) is 0 Å². The van der Waals surface area contributed by atoms with Gasteiger partial charge in [0.05, 0.1) is 4.88 Å². The van der Waals surface area contributed by atoms with E-state index in [0.29, 0.717) is 0 Å². The van der Waals surface area contributed by atoms with E-state index >= 15 is 0 Å². The third-order valence-electron chi connectivity index (χ3n) is 5.00. The summed E-state index contributed by atoms with van der Waals surface area (Å²) in [7, 11) is 0. The third-order valence-corrected chi connectivity index (χ3v) is 6.12. The van der Waals surface area contributed by atoms with Gasteiger partial charge in [-0.3, -0.25) is 9.69 Å². The van der Waals surface area contributed by atoms with E-state index in [1.807, 2.05) is 29.2 Å². The second-order valence-corrected chi connectivity index (χ2v) is 8.02. The van der Waals surface area contributed by atoms with Crippen molar-refractivity contribution in [1.82, 2.24) is 9.80 Å². The molecule has 2 aromatic carbocycles. The van der Waals surface area contributed by atoms with E-state index in [1.165, 1.54) is 11.1 Å². The van der Waals surface area contributed by atoms with Crippen molar-refractivity contribution in [2.45, 2.75) is 13.0 Å². The summed E-state index contributed by atoms with van der Waals surface area (Å²) in [5.74, 6) is 0.170. The van der Waals surface area contributed by atoms with Crippen LogP contribution in [-0.2, 0) is 6.54 Å². The van der Waals surface area contributed by atoms with E-state index < -0.39 is 0 Å². The first-order valence-corrected chi connectivity index (χ1v) is 10.3. The van der Waals surface area contributed by atoms with Crippen LogP contribution in [0.15, 0.2) is 72.8 Å². The molecule has 27 heavy (non-hydrogen) atoms. The Hall–Kier alpha value is -2.43. The van der Waals surface area contributed by atoms with Crippen molar-refractivity contribution >= 4 is 17.2 Å². The molecule has 3 nitrogen and oxygen atoms in total. The normalized spacial score (nSPS) is 15.5. The molecule has 1 fully saturated rings. The lowest BCUT2D eigenvalue weighted by Gasteiger charge is -2.21. The highest BCUT2D eigenvalue weighted by Crippen LogP contribution is 2.28. The molecule has 0 spiro atoms. The molecule has 1 saturated heterocycles. The summed E-state index contributed by atoms with van der Waals surface area (Å²) in [6.45, 7) is 4.56. The number of nitrogens with zero attached hydrogens (tertiary/aromatic N) is 2. The molecule has 0 bridgehead atoms.